The van der Waals surface area contributed by atoms with Crippen LogP contribution in [0.3, 0.4) is 0 Å². The summed E-state index contributed by atoms with van der Waals surface area (Å²) in [5, 5.41) is 9.01. The van der Waals surface area contributed by atoms with Gasteiger partial charge in [0.2, 0.25) is 0 Å². The van der Waals surface area contributed by atoms with Crippen LogP contribution in [0.25, 0.3) is 0 Å². The van der Waals surface area contributed by atoms with Gasteiger partial charge in [0.1, 0.15) is 0 Å². The quantitative estimate of drug-likeness (QED) is 0.506. The Morgan fingerprint density at radius 3 is 2.25 bits per heavy atom. The normalized spacial score (nSPS) is 12.2. The Labute approximate surface area is 98.0 Å². The number of nitrogens with zero attached hydrogens (tertiary/aromatic N) is 2. The molecule has 0 spiro atoms. The van der Waals surface area contributed by atoms with Gasteiger partial charge in [-0.05, 0) is 44.7 Å². The first-order chi connectivity index (χ1) is 7.38. The van der Waals surface area contributed by atoms with Gasteiger partial charge in [0.25, 0.3) is 0 Å². The van der Waals surface area contributed by atoms with Crippen LogP contribution < -0.4 is 0 Å². The highest BCUT2D eigenvalue weighted by molar-refractivity contribution is 5.46. The van der Waals surface area contributed by atoms with Crippen LogP contribution in [-0.4, -0.2) is 6.72 Å². The molecular formula is C14H18N2. The fraction of sp³-hybridized carbons (Fsp3) is 0.286. The summed E-state index contributed by atoms with van der Waals surface area (Å²) >= 11 is 0. The summed E-state index contributed by atoms with van der Waals surface area (Å²) in [5.74, 6) is 0. The summed E-state index contributed by atoms with van der Waals surface area (Å²) in [6.07, 6.45) is 5.50. The maximum absolute atomic E-state index is 9.01. The lowest BCUT2D eigenvalue weighted by Crippen LogP contribution is -2.10. The topological polar surface area (TPSA) is 36.1 Å². The van der Waals surface area contributed by atoms with Crippen molar-refractivity contribution in [3.8, 4) is 6.07 Å². The van der Waals surface area contributed by atoms with Gasteiger partial charge < -0.3 is 0 Å². The molecule has 0 N–H and O–H groups in total. The Kier molecular flexibility index (Phi) is 5.18. The molecule has 0 saturated heterocycles. The Hall–Kier alpha value is -1.88. The number of aliphatic imine (C=N–C) groups is 1. The van der Waals surface area contributed by atoms with E-state index in [0.29, 0.717) is 5.70 Å². The van der Waals surface area contributed by atoms with E-state index in [1.165, 1.54) is 0 Å². The standard InChI is InChI=1S/C14H18N2/c1-7-8-11(2)12(3)9-13(16-6)14(4,5)10-15/h7-9H,2-3,6H2,1,4-5H3/b8-7-,13-9-. The Bertz CT molecular complexity index is 401. The largest absolute Gasteiger partial charge is 0.267 e. The second kappa shape index (κ2) is 5.87. The number of hydrogen-bond donors (Lipinski definition) is 0. The van der Waals surface area contributed by atoms with Crippen LogP contribution in [0.1, 0.15) is 20.8 Å². The van der Waals surface area contributed by atoms with Crippen LogP contribution >= 0.6 is 0 Å². The molecule has 2 heteroatoms. The van der Waals surface area contributed by atoms with Crippen LogP contribution in [0.4, 0.5) is 0 Å². The predicted octanol–water partition coefficient (Wildman–Crippen LogP) is 3.81. The Balaban J connectivity index is 5.15. The van der Waals surface area contributed by atoms with Gasteiger partial charge in [0, 0.05) is 0 Å². The van der Waals surface area contributed by atoms with Crippen molar-refractivity contribution in [1.29, 1.82) is 5.26 Å². The van der Waals surface area contributed by atoms with Crippen LogP contribution in [0.5, 0.6) is 0 Å². The molecule has 0 aliphatic heterocycles. The van der Waals surface area contributed by atoms with Crippen molar-refractivity contribution in [3.63, 3.8) is 0 Å². The van der Waals surface area contributed by atoms with Crippen molar-refractivity contribution in [2.75, 3.05) is 0 Å². The highest BCUT2D eigenvalue weighted by Crippen LogP contribution is 2.27. The molecule has 0 bridgehead atoms. The average Bonchev–Trinajstić information content (AvgIpc) is 2.25. The van der Waals surface area contributed by atoms with E-state index in [4.69, 9.17) is 5.26 Å². The monoisotopic (exact) mass is 214 g/mol. The van der Waals surface area contributed by atoms with E-state index in [1.54, 1.807) is 19.9 Å². The molecule has 0 aliphatic carbocycles. The fourth-order valence-electron chi connectivity index (χ4n) is 1.05. The van der Waals surface area contributed by atoms with Crippen LogP contribution in [0, 0.1) is 16.7 Å². The van der Waals surface area contributed by atoms with Crippen LogP contribution in [0.2, 0.25) is 0 Å². The fourth-order valence-corrected chi connectivity index (χ4v) is 1.05. The Morgan fingerprint density at radius 2 is 1.88 bits per heavy atom. The molecule has 0 unspecified atom stereocenters. The number of allylic oxidation sites excluding steroid dienone is 6. The summed E-state index contributed by atoms with van der Waals surface area (Å²) < 4.78 is 0. The van der Waals surface area contributed by atoms with Gasteiger partial charge >= 0.3 is 0 Å². The lowest BCUT2D eigenvalue weighted by molar-refractivity contribution is 0.590. The van der Waals surface area contributed by atoms with E-state index in [2.05, 4.69) is 30.9 Å². The maximum Gasteiger partial charge on any atom is 0.0937 e. The van der Waals surface area contributed by atoms with Gasteiger partial charge in [-0.2, -0.15) is 5.26 Å². The average molecular weight is 214 g/mol. The molecule has 84 valence electrons. The highest BCUT2D eigenvalue weighted by Gasteiger charge is 2.22. The molecule has 0 aliphatic rings. The molecule has 0 heterocycles. The van der Waals surface area contributed by atoms with Crippen molar-refractivity contribution in [2.24, 2.45) is 10.4 Å². The predicted molar refractivity (Wildman–Crippen MR) is 70.1 cm³/mol. The SMILES string of the molecule is C=N/C(=C\C(=C)C(=C)/C=C\C)C(C)(C)C#N. The van der Waals surface area contributed by atoms with Gasteiger partial charge in [0.05, 0.1) is 17.2 Å². The summed E-state index contributed by atoms with van der Waals surface area (Å²) in [4.78, 5) is 3.88. The third-order valence-corrected chi connectivity index (χ3v) is 2.18. The van der Waals surface area contributed by atoms with Gasteiger partial charge in [0.15, 0.2) is 0 Å². The smallest absolute Gasteiger partial charge is 0.0937 e. The number of hydrogen-bond acceptors (Lipinski definition) is 2. The second-order valence-electron chi connectivity index (χ2n) is 3.97. The minimum absolute atomic E-state index is 0.602. The molecule has 0 rings (SSSR count). The first-order valence-electron chi connectivity index (χ1n) is 5.00. The van der Waals surface area contributed by atoms with Gasteiger partial charge in [-0.15, -0.1) is 0 Å². The zero-order valence-corrected chi connectivity index (χ0v) is 10.2. The first-order valence-corrected chi connectivity index (χ1v) is 5.00. The maximum atomic E-state index is 9.01. The van der Waals surface area contributed by atoms with Crippen molar-refractivity contribution in [2.45, 2.75) is 20.8 Å². The van der Waals surface area contributed by atoms with Crippen molar-refractivity contribution >= 4 is 6.72 Å². The molecule has 0 radical (unpaired) electrons. The van der Waals surface area contributed by atoms with Crippen LogP contribution in [0.15, 0.2) is 53.2 Å². The third kappa shape index (κ3) is 3.70. The van der Waals surface area contributed by atoms with E-state index in [9.17, 15) is 0 Å². The minimum atomic E-state index is -0.666. The van der Waals surface area contributed by atoms with Crippen molar-refractivity contribution in [3.05, 3.63) is 48.2 Å². The van der Waals surface area contributed by atoms with Crippen molar-refractivity contribution in [1.82, 2.24) is 0 Å². The first kappa shape index (κ1) is 14.1. The van der Waals surface area contributed by atoms with Gasteiger partial charge in [-0.3, -0.25) is 4.99 Å². The molecule has 0 saturated carbocycles. The molecule has 0 atom stereocenters. The van der Waals surface area contributed by atoms with E-state index in [-0.39, 0.29) is 0 Å². The zero-order chi connectivity index (χ0) is 12.8. The van der Waals surface area contributed by atoms with Crippen molar-refractivity contribution < 1.29 is 0 Å². The van der Waals surface area contributed by atoms with E-state index < -0.39 is 5.41 Å². The Morgan fingerprint density at radius 1 is 1.31 bits per heavy atom. The summed E-state index contributed by atoms with van der Waals surface area (Å²) in [6, 6.07) is 2.18. The number of rotatable bonds is 5. The molecule has 0 aromatic carbocycles. The van der Waals surface area contributed by atoms with E-state index >= 15 is 0 Å². The second-order valence-corrected chi connectivity index (χ2v) is 3.97. The lowest BCUT2D eigenvalue weighted by atomic mass is 9.89. The molecular weight excluding hydrogens is 196 g/mol. The van der Waals surface area contributed by atoms with E-state index in [0.717, 1.165) is 11.1 Å². The highest BCUT2D eigenvalue weighted by atomic mass is 14.7. The van der Waals surface area contributed by atoms with Crippen LogP contribution in [-0.2, 0) is 0 Å². The summed E-state index contributed by atoms with van der Waals surface area (Å²) in [7, 11) is 0. The minimum Gasteiger partial charge on any atom is -0.267 e. The molecule has 0 amide bonds. The molecule has 0 aromatic heterocycles. The zero-order valence-electron chi connectivity index (χ0n) is 10.2. The molecule has 0 aromatic rings. The van der Waals surface area contributed by atoms with Gasteiger partial charge in [-0.25, -0.2) is 0 Å². The van der Waals surface area contributed by atoms with Gasteiger partial charge in [-0.1, -0.05) is 25.3 Å². The molecule has 0 fully saturated rings. The number of nitriles is 1. The molecule has 16 heavy (non-hydrogen) atoms. The third-order valence-electron chi connectivity index (χ3n) is 2.18. The summed E-state index contributed by atoms with van der Waals surface area (Å²) in [6.45, 7) is 16.7. The van der Waals surface area contributed by atoms with E-state index in [1.807, 2.05) is 19.1 Å². The lowest BCUT2D eigenvalue weighted by Gasteiger charge is -2.16. The molecule has 2 nitrogen and oxygen atoms in total. The summed E-state index contributed by atoms with van der Waals surface area (Å²) in [5.41, 5.74) is 1.48.